The van der Waals surface area contributed by atoms with Crippen LogP contribution in [0.25, 0.3) is 0 Å². The topological polar surface area (TPSA) is 46.2 Å². The summed E-state index contributed by atoms with van der Waals surface area (Å²) in [4.78, 5) is 0. The maximum atomic E-state index is 11.7. The average Bonchev–Trinajstić information content (AvgIpc) is 2.11. The van der Waals surface area contributed by atoms with Crippen molar-refractivity contribution in [2.24, 2.45) is 11.8 Å². The van der Waals surface area contributed by atoms with E-state index in [0.29, 0.717) is 35.9 Å². The highest BCUT2D eigenvalue weighted by atomic mass is 32.2. The first kappa shape index (κ1) is 14.0. The Hall–Kier alpha value is -0.0900. The van der Waals surface area contributed by atoms with Crippen molar-refractivity contribution in [1.29, 1.82) is 0 Å². The van der Waals surface area contributed by atoms with E-state index in [0.717, 1.165) is 12.8 Å². The summed E-state index contributed by atoms with van der Waals surface area (Å²) in [6.45, 7) is 6.97. The van der Waals surface area contributed by atoms with E-state index in [1.54, 1.807) is 0 Å². The van der Waals surface area contributed by atoms with E-state index in [-0.39, 0.29) is 0 Å². The molecule has 0 aromatic carbocycles. The second kappa shape index (κ2) is 6.01. The Morgan fingerprint density at radius 2 is 1.88 bits per heavy atom. The molecule has 0 aliphatic heterocycles. The highest BCUT2D eigenvalue weighted by Crippen LogP contribution is 2.27. The molecule has 0 heterocycles. The molecule has 0 aromatic heterocycles. The van der Waals surface area contributed by atoms with Crippen molar-refractivity contribution in [3.8, 4) is 0 Å². The number of rotatable bonds is 7. The van der Waals surface area contributed by atoms with Gasteiger partial charge in [0.25, 0.3) is 0 Å². The van der Waals surface area contributed by atoms with Crippen molar-refractivity contribution in [1.82, 2.24) is 5.32 Å². The van der Waals surface area contributed by atoms with Crippen LogP contribution < -0.4 is 5.32 Å². The molecule has 1 aliphatic carbocycles. The van der Waals surface area contributed by atoms with Crippen LogP contribution in [0.15, 0.2) is 0 Å². The first-order chi connectivity index (χ1) is 7.41. The Morgan fingerprint density at radius 1 is 1.25 bits per heavy atom. The fourth-order valence-electron chi connectivity index (χ4n) is 1.78. The molecular formula is C12H25NO2S. The van der Waals surface area contributed by atoms with Gasteiger partial charge in [-0.15, -0.1) is 0 Å². The molecule has 0 saturated heterocycles. The van der Waals surface area contributed by atoms with Crippen LogP contribution in [0.5, 0.6) is 0 Å². The number of hydrogen-bond acceptors (Lipinski definition) is 3. The lowest BCUT2D eigenvalue weighted by Crippen LogP contribution is -2.35. The molecule has 1 saturated carbocycles. The number of sulfone groups is 1. The highest BCUT2D eigenvalue weighted by molar-refractivity contribution is 7.91. The van der Waals surface area contributed by atoms with Gasteiger partial charge in [-0.1, -0.05) is 20.3 Å². The second-order valence-electron chi connectivity index (χ2n) is 5.40. The smallest absolute Gasteiger partial charge is 0.151 e. The van der Waals surface area contributed by atoms with Crippen molar-refractivity contribution >= 4 is 9.84 Å². The van der Waals surface area contributed by atoms with Crippen molar-refractivity contribution in [2.45, 2.75) is 46.1 Å². The van der Waals surface area contributed by atoms with Gasteiger partial charge >= 0.3 is 0 Å². The van der Waals surface area contributed by atoms with E-state index in [4.69, 9.17) is 0 Å². The summed E-state index contributed by atoms with van der Waals surface area (Å²) < 4.78 is 23.5. The molecule has 0 radical (unpaired) electrons. The number of hydrogen-bond donors (Lipinski definition) is 1. The van der Waals surface area contributed by atoms with Gasteiger partial charge < -0.3 is 5.32 Å². The average molecular weight is 247 g/mol. The van der Waals surface area contributed by atoms with Crippen LogP contribution in [0.4, 0.5) is 0 Å². The molecule has 1 atom stereocenters. The minimum absolute atomic E-state index is 0.292. The monoisotopic (exact) mass is 247 g/mol. The van der Waals surface area contributed by atoms with Gasteiger partial charge in [0.15, 0.2) is 9.84 Å². The molecule has 16 heavy (non-hydrogen) atoms. The Kier molecular flexibility index (Phi) is 5.25. The lowest BCUT2D eigenvalue weighted by atomic mass is 9.87. The first-order valence-electron chi connectivity index (χ1n) is 6.34. The minimum atomic E-state index is -2.83. The Labute approximate surface area is 99.9 Å². The normalized spacial score (nSPS) is 19.8. The predicted molar refractivity (Wildman–Crippen MR) is 68.3 cm³/mol. The Bertz CT molecular complexity index is 294. The number of nitrogens with one attached hydrogen (secondary N) is 1. The predicted octanol–water partition coefficient (Wildman–Crippen LogP) is 1.84. The van der Waals surface area contributed by atoms with Crippen LogP contribution in [-0.4, -0.2) is 32.5 Å². The molecule has 1 rings (SSSR count). The fraction of sp³-hybridized carbons (Fsp3) is 1.00. The lowest BCUT2D eigenvalue weighted by molar-refractivity contribution is 0.347. The second-order valence-corrected chi connectivity index (χ2v) is 7.63. The Morgan fingerprint density at radius 3 is 2.31 bits per heavy atom. The third kappa shape index (κ3) is 4.83. The zero-order chi connectivity index (χ0) is 12.2. The molecule has 1 fully saturated rings. The van der Waals surface area contributed by atoms with Gasteiger partial charge in [-0.25, -0.2) is 8.42 Å². The van der Waals surface area contributed by atoms with Gasteiger partial charge in [-0.3, -0.25) is 0 Å². The third-order valence-electron chi connectivity index (χ3n) is 3.59. The van der Waals surface area contributed by atoms with E-state index < -0.39 is 9.84 Å². The largest absolute Gasteiger partial charge is 0.313 e. The zero-order valence-electron chi connectivity index (χ0n) is 10.7. The molecule has 1 aliphatic rings. The molecule has 0 amide bonds. The van der Waals surface area contributed by atoms with E-state index in [2.05, 4.69) is 26.1 Å². The summed E-state index contributed by atoms with van der Waals surface area (Å²) in [5, 5.41) is 3.27. The van der Waals surface area contributed by atoms with Gasteiger partial charge in [0.1, 0.15) is 0 Å². The molecule has 96 valence electrons. The quantitative estimate of drug-likeness (QED) is 0.746. The SMILES string of the molecule is CC(C)C(C)NCCS(=O)(=O)CC1CCC1. The van der Waals surface area contributed by atoms with Crippen molar-refractivity contribution in [2.75, 3.05) is 18.1 Å². The van der Waals surface area contributed by atoms with E-state index in [9.17, 15) is 8.42 Å². The molecule has 0 spiro atoms. The van der Waals surface area contributed by atoms with Gasteiger partial charge in [0, 0.05) is 12.6 Å². The third-order valence-corrected chi connectivity index (χ3v) is 5.40. The lowest BCUT2D eigenvalue weighted by Gasteiger charge is -2.25. The van der Waals surface area contributed by atoms with Crippen LogP contribution >= 0.6 is 0 Å². The molecule has 4 heteroatoms. The maximum Gasteiger partial charge on any atom is 0.151 e. The summed E-state index contributed by atoms with van der Waals surface area (Å²) in [7, 11) is -2.83. The van der Waals surface area contributed by atoms with Crippen LogP contribution in [0.3, 0.4) is 0 Å². The van der Waals surface area contributed by atoms with Crippen molar-refractivity contribution < 1.29 is 8.42 Å². The maximum absolute atomic E-state index is 11.7. The first-order valence-corrected chi connectivity index (χ1v) is 8.16. The van der Waals surface area contributed by atoms with Crippen molar-refractivity contribution in [3.05, 3.63) is 0 Å². The zero-order valence-corrected chi connectivity index (χ0v) is 11.5. The fourth-order valence-corrected chi connectivity index (χ4v) is 3.43. The summed E-state index contributed by atoms with van der Waals surface area (Å²) in [5.74, 6) is 1.70. The van der Waals surface area contributed by atoms with Crippen LogP contribution in [0, 0.1) is 11.8 Å². The van der Waals surface area contributed by atoms with Gasteiger partial charge in [0.2, 0.25) is 0 Å². The molecule has 1 N–H and O–H groups in total. The van der Waals surface area contributed by atoms with Crippen LogP contribution in [0.1, 0.15) is 40.0 Å². The summed E-state index contributed by atoms with van der Waals surface area (Å²) in [5.41, 5.74) is 0. The summed E-state index contributed by atoms with van der Waals surface area (Å²) >= 11 is 0. The van der Waals surface area contributed by atoms with Gasteiger partial charge in [-0.2, -0.15) is 0 Å². The standard InChI is InChI=1S/C12H25NO2S/c1-10(2)11(3)13-7-8-16(14,15)9-12-5-4-6-12/h10-13H,4-9H2,1-3H3. The van der Waals surface area contributed by atoms with E-state index in [1.807, 2.05) is 0 Å². The van der Waals surface area contributed by atoms with Crippen LogP contribution in [-0.2, 0) is 9.84 Å². The minimum Gasteiger partial charge on any atom is -0.313 e. The van der Waals surface area contributed by atoms with E-state index >= 15 is 0 Å². The molecular weight excluding hydrogens is 222 g/mol. The Balaban J connectivity index is 2.20. The molecule has 3 nitrogen and oxygen atoms in total. The van der Waals surface area contributed by atoms with Crippen molar-refractivity contribution in [3.63, 3.8) is 0 Å². The molecule has 0 bridgehead atoms. The molecule has 1 unspecified atom stereocenters. The van der Waals surface area contributed by atoms with Gasteiger partial charge in [-0.05, 0) is 31.6 Å². The summed E-state index contributed by atoms with van der Waals surface area (Å²) in [6, 6.07) is 0.388. The molecule has 0 aromatic rings. The summed E-state index contributed by atoms with van der Waals surface area (Å²) in [6.07, 6.45) is 3.42. The van der Waals surface area contributed by atoms with Gasteiger partial charge in [0.05, 0.1) is 11.5 Å². The highest BCUT2D eigenvalue weighted by Gasteiger charge is 2.24. The van der Waals surface area contributed by atoms with E-state index in [1.165, 1.54) is 6.42 Å². The van der Waals surface area contributed by atoms with Crippen LogP contribution in [0.2, 0.25) is 0 Å².